The van der Waals surface area contributed by atoms with E-state index in [1.807, 2.05) is 25.3 Å². The molecule has 1 saturated carbocycles. The summed E-state index contributed by atoms with van der Waals surface area (Å²) in [6, 6.07) is 12.9. The van der Waals surface area contributed by atoms with Crippen LogP contribution in [0.1, 0.15) is 47.2 Å². The molecule has 0 radical (unpaired) electrons. The topological polar surface area (TPSA) is 66.5 Å². The van der Waals surface area contributed by atoms with Crippen molar-refractivity contribution in [2.45, 2.75) is 49.2 Å². The summed E-state index contributed by atoms with van der Waals surface area (Å²) in [7, 11) is 1.92. The number of rotatable bonds is 3. The molecule has 2 aromatic rings. The van der Waals surface area contributed by atoms with Crippen molar-refractivity contribution in [2.24, 2.45) is 11.8 Å². The summed E-state index contributed by atoms with van der Waals surface area (Å²) in [5.41, 5.74) is 3.87. The number of aryl methyl sites for hydroxylation is 1. The molecule has 3 fully saturated rings. The first kappa shape index (κ1) is 32.9. The summed E-state index contributed by atoms with van der Waals surface area (Å²) in [5.74, 6) is 3.03. The molecule has 2 aliphatic carbocycles. The summed E-state index contributed by atoms with van der Waals surface area (Å²) in [6.45, 7) is 9.09. The fraction of sp³-hybridized carbons (Fsp3) is 0.605. The number of hydrogen-bond acceptors (Lipinski definition) is 8. The smallest absolute Gasteiger partial charge is 0.252 e. The Kier molecular flexibility index (Phi) is 9.46. The second-order valence-corrected chi connectivity index (χ2v) is 16.3. The quantitative estimate of drug-likeness (QED) is 0.439. The molecule has 8 nitrogen and oxygen atoms in total. The van der Waals surface area contributed by atoms with E-state index in [0.717, 1.165) is 113 Å². The van der Waals surface area contributed by atoms with Gasteiger partial charge in [0.05, 0.1) is 31.4 Å². The second-order valence-electron chi connectivity index (χ2n) is 14.8. The van der Waals surface area contributed by atoms with E-state index in [0.29, 0.717) is 35.9 Å². The highest BCUT2D eigenvalue weighted by atomic mass is 35.5. The Balaban J connectivity index is 1.14. The third kappa shape index (κ3) is 6.28. The molecule has 258 valence electrons. The van der Waals surface area contributed by atoms with Crippen molar-refractivity contribution >= 4 is 35.0 Å². The Hall–Kier alpha value is -2.27. The minimum Gasteiger partial charge on any atom is -0.490 e. The van der Waals surface area contributed by atoms with Crippen LogP contribution in [0, 0.1) is 11.8 Å². The SMILES string of the molecule is CO[C@]1(CN2CCN3CCOCC3C2)/C=C/CSCNC(=O)c2ccc3c(c2)N(CC2CCC21)C[C@@]1(CCCc2cc(Cl)ccc21)CO3. The first-order valence-electron chi connectivity index (χ1n) is 17.9. The van der Waals surface area contributed by atoms with Gasteiger partial charge in [0, 0.05) is 80.7 Å². The number of nitrogens with one attached hydrogen (secondary N) is 1. The van der Waals surface area contributed by atoms with Crippen molar-refractivity contribution in [2.75, 3.05) is 89.3 Å². The Morgan fingerprint density at radius 3 is 2.94 bits per heavy atom. The van der Waals surface area contributed by atoms with E-state index in [1.54, 1.807) is 11.8 Å². The van der Waals surface area contributed by atoms with Gasteiger partial charge in [-0.15, -0.1) is 11.8 Å². The van der Waals surface area contributed by atoms with Crippen LogP contribution < -0.4 is 15.0 Å². The lowest BCUT2D eigenvalue weighted by molar-refractivity contribution is -0.108. The van der Waals surface area contributed by atoms with Crippen molar-refractivity contribution in [3.05, 3.63) is 70.3 Å². The van der Waals surface area contributed by atoms with Crippen LogP contribution in [-0.2, 0) is 21.3 Å². The molecule has 2 bridgehead atoms. The van der Waals surface area contributed by atoms with Crippen LogP contribution in [0.2, 0.25) is 5.02 Å². The lowest BCUT2D eigenvalue weighted by atomic mass is 9.63. The van der Waals surface area contributed by atoms with Crippen LogP contribution in [0.15, 0.2) is 48.6 Å². The number of thioether (sulfide) groups is 1. The third-order valence-corrected chi connectivity index (χ3v) is 13.1. The van der Waals surface area contributed by atoms with Crippen molar-refractivity contribution in [1.82, 2.24) is 15.1 Å². The predicted octanol–water partition coefficient (Wildman–Crippen LogP) is 5.23. The van der Waals surface area contributed by atoms with E-state index in [4.69, 9.17) is 25.8 Å². The number of hydrogen-bond donors (Lipinski definition) is 1. The second kappa shape index (κ2) is 13.8. The monoisotopic (exact) mass is 692 g/mol. The minimum absolute atomic E-state index is 0.0423. The van der Waals surface area contributed by atoms with Crippen LogP contribution in [0.3, 0.4) is 0 Å². The molecule has 1 spiro atoms. The Morgan fingerprint density at radius 1 is 1.12 bits per heavy atom. The minimum atomic E-state index is -0.385. The highest BCUT2D eigenvalue weighted by Crippen LogP contribution is 2.49. The lowest BCUT2D eigenvalue weighted by Crippen LogP contribution is -2.62. The molecule has 10 heteroatoms. The number of nitrogens with zero attached hydrogens (tertiary/aromatic N) is 3. The van der Waals surface area contributed by atoms with Crippen molar-refractivity contribution in [1.29, 1.82) is 0 Å². The molecule has 6 aliphatic rings. The summed E-state index contributed by atoms with van der Waals surface area (Å²) >= 11 is 8.22. The van der Waals surface area contributed by atoms with E-state index in [2.05, 4.69) is 50.4 Å². The van der Waals surface area contributed by atoms with Crippen LogP contribution in [0.5, 0.6) is 5.75 Å². The number of amides is 1. The van der Waals surface area contributed by atoms with Gasteiger partial charge in [-0.3, -0.25) is 14.6 Å². The van der Waals surface area contributed by atoms with Crippen molar-refractivity contribution in [3.8, 4) is 5.75 Å². The first-order valence-corrected chi connectivity index (χ1v) is 19.4. The molecule has 48 heavy (non-hydrogen) atoms. The molecule has 1 amide bonds. The standard InChI is InChI=1S/C38H49ClN4O4S/c1-45-38(24-41-13-14-42-15-16-46-22-31(42)21-41)12-3-17-48-26-40-36(44)28-6-10-35-34(19-28)43(20-29-5-8-33(29)38)23-37(25-47-35)11-2-4-27-18-30(39)7-9-32(27)37/h3,6-7,9-10,12,18-19,29,31,33H,2,4-5,8,11,13-17,20-26H2,1H3,(H,40,44)/b12-3+/t29?,31?,33?,37-,38-/m0/s1. The molecule has 8 rings (SSSR count). The molecule has 4 aliphatic heterocycles. The van der Waals surface area contributed by atoms with Crippen molar-refractivity contribution < 1.29 is 19.0 Å². The van der Waals surface area contributed by atoms with Gasteiger partial charge in [0.15, 0.2) is 0 Å². The Morgan fingerprint density at radius 2 is 2.06 bits per heavy atom. The Bertz CT molecular complexity index is 1540. The van der Waals surface area contributed by atoms with Gasteiger partial charge >= 0.3 is 0 Å². The maximum absolute atomic E-state index is 13.4. The number of ether oxygens (including phenoxy) is 3. The normalized spacial score (nSPS) is 33.4. The molecule has 3 unspecified atom stereocenters. The zero-order valence-electron chi connectivity index (χ0n) is 28.1. The summed E-state index contributed by atoms with van der Waals surface area (Å²) in [6.07, 6.45) is 10.2. The van der Waals surface area contributed by atoms with Gasteiger partial charge < -0.3 is 24.4 Å². The van der Waals surface area contributed by atoms with E-state index in [1.165, 1.54) is 11.1 Å². The van der Waals surface area contributed by atoms with E-state index < -0.39 is 0 Å². The van der Waals surface area contributed by atoms with Crippen molar-refractivity contribution in [3.63, 3.8) is 0 Å². The average Bonchev–Trinajstić information content (AvgIpc) is 3.24. The van der Waals surface area contributed by atoms with Gasteiger partial charge in [0.1, 0.15) is 11.4 Å². The number of methoxy groups -OCH3 is 1. The predicted molar refractivity (Wildman–Crippen MR) is 193 cm³/mol. The summed E-state index contributed by atoms with van der Waals surface area (Å²) < 4.78 is 19.3. The number of halogens is 1. The van der Waals surface area contributed by atoms with E-state index >= 15 is 0 Å². The lowest BCUT2D eigenvalue weighted by Gasteiger charge is -2.53. The number of piperazine rings is 1. The zero-order valence-corrected chi connectivity index (χ0v) is 29.7. The van der Waals surface area contributed by atoms with Crippen LogP contribution in [-0.4, -0.2) is 112 Å². The number of carbonyl (C=O) groups excluding carboxylic acids is 1. The third-order valence-electron chi connectivity index (χ3n) is 12.1. The fourth-order valence-electron chi connectivity index (χ4n) is 9.44. The van der Waals surface area contributed by atoms with E-state index in [9.17, 15) is 4.79 Å². The number of carbonyl (C=O) groups is 1. The molecule has 5 atom stereocenters. The molecule has 0 aromatic heterocycles. The van der Waals surface area contributed by atoms with Crippen LogP contribution in [0.25, 0.3) is 0 Å². The molecule has 2 saturated heterocycles. The largest absolute Gasteiger partial charge is 0.490 e. The number of anilines is 1. The maximum atomic E-state index is 13.4. The molecule has 4 heterocycles. The van der Waals surface area contributed by atoms with Crippen LogP contribution in [0.4, 0.5) is 5.69 Å². The highest BCUT2D eigenvalue weighted by molar-refractivity contribution is 7.99. The molecule has 2 aromatic carbocycles. The van der Waals surface area contributed by atoms with Gasteiger partial charge in [-0.05, 0) is 85.4 Å². The summed E-state index contributed by atoms with van der Waals surface area (Å²) in [5, 5.41) is 3.94. The van der Waals surface area contributed by atoms with Gasteiger partial charge in [-0.2, -0.15) is 0 Å². The number of morpholine rings is 1. The zero-order chi connectivity index (χ0) is 32.7. The number of benzene rings is 2. The number of fused-ring (bicyclic) bond motifs is 5. The first-order chi connectivity index (χ1) is 23.5. The molecular weight excluding hydrogens is 644 g/mol. The maximum Gasteiger partial charge on any atom is 0.252 e. The van der Waals surface area contributed by atoms with Gasteiger partial charge in [0.2, 0.25) is 0 Å². The molecule has 1 N–H and O–H groups in total. The Labute approximate surface area is 294 Å². The summed E-state index contributed by atoms with van der Waals surface area (Å²) in [4.78, 5) is 21.2. The highest BCUT2D eigenvalue weighted by Gasteiger charge is 2.50. The van der Waals surface area contributed by atoms with Gasteiger partial charge in [-0.1, -0.05) is 29.8 Å². The van der Waals surface area contributed by atoms with Gasteiger partial charge in [-0.25, -0.2) is 0 Å². The van der Waals surface area contributed by atoms with Gasteiger partial charge in [0.25, 0.3) is 5.91 Å². The molecular formula is C38H49ClN4O4S. The van der Waals surface area contributed by atoms with E-state index in [-0.39, 0.29) is 16.9 Å². The van der Waals surface area contributed by atoms with Crippen LogP contribution >= 0.6 is 23.4 Å². The average molecular weight is 693 g/mol. The fourth-order valence-corrected chi connectivity index (χ4v) is 10.2.